The van der Waals surface area contributed by atoms with Crippen LogP contribution >= 0.6 is 0 Å². The van der Waals surface area contributed by atoms with E-state index >= 15 is 0 Å². The van der Waals surface area contributed by atoms with Gasteiger partial charge in [-0.3, -0.25) is 43.2 Å². The van der Waals surface area contributed by atoms with E-state index in [4.69, 9.17) is 19.2 Å². The number of halogens is 1. The van der Waals surface area contributed by atoms with Crippen molar-refractivity contribution in [2.45, 2.75) is 42.4 Å². The van der Waals surface area contributed by atoms with Gasteiger partial charge in [0.15, 0.2) is 0 Å². The van der Waals surface area contributed by atoms with Crippen molar-refractivity contribution in [1.82, 2.24) is 29.6 Å². The largest absolute Gasteiger partial charge is 0.359 e. The van der Waals surface area contributed by atoms with Crippen LogP contribution in [0.25, 0.3) is 88.4 Å². The van der Waals surface area contributed by atoms with Crippen LogP contribution in [0.2, 0.25) is 0 Å². The Morgan fingerprint density at radius 1 is 0.367 bits per heavy atom. The van der Waals surface area contributed by atoms with Crippen LogP contribution in [0.15, 0.2) is 319 Å². The molecule has 5 N–H and O–H groups in total. The average Bonchev–Trinajstić information content (AvgIpc) is 1.45. The van der Waals surface area contributed by atoms with Gasteiger partial charge in [0.25, 0.3) is 36.0 Å². The van der Waals surface area contributed by atoms with E-state index in [0.29, 0.717) is 45.5 Å². The highest BCUT2D eigenvalue weighted by Crippen LogP contribution is 2.39. The molecule has 139 heavy (non-hydrogen) atoms. The van der Waals surface area contributed by atoms with Gasteiger partial charge in [-0.15, -0.1) is 0 Å². The number of ether oxygens (including phenoxy) is 3. The highest BCUT2D eigenvalue weighted by Gasteiger charge is 2.33. The van der Waals surface area contributed by atoms with Gasteiger partial charge in [0.1, 0.15) is 26.0 Å². The number of rotatable bonds is 19. The summed E-state index contributed by atoms with van der Waals surface area (Å²) in [6.07, 6.45) is 6.87. The lowest BCUT2D eigenvalue weighted by Crippen LogP contribution is -2.41. The number of hydrogen-bond donors (Lipinski definition) is 5. The lowest BCUT2D eigenvalue weighted by molar-refractivity contribution is 0.102. The Morgan fingerprint density at radius 2 is 0.755 bits per heavy atom. The maximum Gasteiger partial charge on any atom is 0.301 e. The molecule has 11 aromatic carbocycles. The number of carbonyl (C=O) groups is 1. The number of sulfonamides is 6. The number of amides is 1. The first-order valence-electron chi connectivity index (χ1n) is 43.2. The molecule has 32 nitrogen and oxygen atoms in total. The van der Waals surface area contributed by atoms with Crippen molar-refractivity contribution in [2.24, 2.45) is 0 Å². The van der Waals surface area contributed by atoms with E-state index in [9.17, 15) is 68.1 Å². The van der Waals surface area contributed by atoms with Crippen LogP contribution in [0, 0.1) is 33.5 Å². The maximum absolute atomic E-state index is 14.8. The molecular formula is C99H89FN14O18S7. The van der Waals surface area contributed by atoms with E-state index in [1.54, 1.807) is 67.3 Å². The number of carbonyl (C=O) groups excluding carboxylic acids is 1. The lowest BCUT2D eigenvalue weighted by Gasteiger charge is -2.28. The molecule has 4 fully saturated rings. The van der Waals surface area contributed by atoms with Gasteiger partial charge in [-0.05, 0) is 243 Å². The summed E-state index contributed by atoms with van der Waals surface area (Å²) < 4.78 is 221. The van der Waals surface area contributed by atoms with Crippen molar-refractivity contribution < 1.29 is 82.3 Å². The predicted octanol–water partition coefficient (Wildman–Crippen LogP) is 16.1. The number of benzene rings is 11. The molecule has 4 saturated heterocycles. The molecule has 0 spiro atoms. The first-order valence-corrected chi connectivity index (χ1v) is 54.0. The summed E-state index contributed by atoms with van der Waals surface area (Å²) in [5.41, 5.74) is 14.5. The standard InChI is InChI=1S/C25H21FN4O3S.2C25H23N3O5S2.C24H22N4O5S2/c1-16-6-7-18(14-22(16)24-20-5-3-2-4-17(20)10-11-27-24)29-25(31)21-9-8-19(15-23(21)26)30-13-12-28-34(30,32)33;1-18-6-8-20(16-23(18)25-13-7-19-4-2-3-5-24(19)26-25)27-35(31,32)22-11-9-21(10-12-22)28-17-33-14-15-34(28,29)30;1-18-6-7-20(16-24(18)25-23-5-3-2-4-19(23)12-13-26-25)27-35(31,32)22-10-8-21(9-11-22)28-17-33-14-15-34(28,29)30;1-17-4-5-18(15-22(17)24-21-3-2-11-25-23(21)10-12-26-24)27-35(31,32)20-8-6-19(7-9-20)28-16-33-13-14-34(28,29)30/h2-11,14-15,28H,12-13H2,1H3,(H,29,31);2*2-13,16,27H,14-15,17H2,1H3;2-12,15,27H,13-14,16H2,1H3. The first-order chi connectivity index (χ1) is 66.5. The molecule has 0 bridgehead atoms. The molecule has 712 valence electrons. The van der Waals surface area contributed by atoms with E-state index in [1.807, 2.05) is 173 Å². The van der Waals surface area contributed by atoms with Crippen LogP contribution in [-0.2, 0) is 84.6 Å². The number of pyridine rings is 5. The third kappa shape index (κ3) is 21.5. The van der Waals surface area contributed by atoms with Crippen molar-refractivity contribution in [3.8, 4) is 45.0 Å². The van der Waals surface area contributed by atoms with E-state index in [0.717, 1.165) is 128 Å². The normalized spacial score (nSPS) is 15.5. The fourth-order valence-corrected chi connectivity index (χ4v) is 24.0. The van der Waals surface area contributed by atoms with Gasteiger partial charge in [0.2, 0.25) is 30.1 Å². The fourth-order valence-electron chi connectivity index (χ4n) is 15.9. The summed E-state index contributed by atoms with van der Waals surface area (Å²) in [6.45, 7) is 8.36. The van der Waals surface area contributed by atoms with Crippen molar-refractivity contribution in [1.29, 1.82) is 0 Å². The molecule has 4 aliphatic heterocycles. The molecule has 5 aromatic heterocycles. The van der Waals surface area contributed by atoms with Gasteiger partial charge < -0.3 is 19.5 Å². The Morgan fingerprint density at radius 3 is 1.19 bits per heavy atom. The zero-order valence-electron chi connectivity index (χ0n) is 74.8. The molecule has 0 aliphatic carbocycles. The van der Waals surface area contributed by atoms with Crippen molar-refractivity contribution in [2.75, 3.05) is 107 Å². The van der Waals surface area contributed by atoms with Crippen molar-refractivity contribution in [3.63, 3.8) is 0 Å². The molecule has 0 saturated carbocycles. The van der Waals surface area contributed by atoms with E-state index in [1.165, 1.54) is 84.9 Å². The van der Waals surface area contributed by atoms with Crippen LogP contribution in [0.5, 0.6) is 0 Å². The molecule has 4 aliphatic rings. The molecule has 1 amide bonds. The van der Waals surface area contributed by atoms with Crippen LogP contribution < -0.4 is 41.4 Å². The number of aryl methyl sites for hydroxylation is 4. The van der Waals surface area contributed by atoms with E-state index in [-0.39, 0.29) is 96.3 Å². The molecular weight excluding hydrogens is 1920 g/mol. The molecule has 0 atom stereocenters. The Balaban J connectivity index is 0.000000128. The zero-order chi connectivity index (χ0) is 97.8. The second kappa shape index (κ2) is 40.0. The number of hydrogen-bond acceptors (Lipinski definition) is 23. The monoisotopic (exact) mass is 2000 g/mol. The van der Waals surface area contributed by atoms with Gasteiger partial charge in [-0.1, -0.05) is 97.1 Å². The quantitative estimate of drug-likeness (QED) is 0.0502. The summed E-state index contributed by atoms with van der Waals surface area (Å²) in [5, 5.41) is 8.70. The summed E-state index contributed by atoms with van der Waals surface area (Å²) in [6, 6.07) is 79.1. The van der Waals surface area contributed by atoms with Crippen LogP contribution in [0.4, 0.5) is 49.9 Å². The number of nitrogens with one attached hydrogen (secondary N) is 5. The highest BCUT2D eigenvalue weighted by atomic mass is 32.2. The molecule has 9 heterocycles. The highest BCUT2D eigenvalue weighted by molar-refractivity contribution is 7.94. The SMILES string of the molecule is Cc1ccc(NC(=O)c2ccc(N3CCNS3(=O)=O)cc2F)cc1-c1nccc2ccccc12.Cc1ccc(NS(=O)(=O)c2ccc(N3COCCS3(=O)=O)cc2)cc1-c1ccc2ccccc2n1.Cc1ccc(NS(=O)(=O)c2ccc(N3COCCS3(=O)=O)cc2)cc1-c1nccc2ccccc12.Cc1ccc(NS(=O)(=O)c2ccc(N3COCCS3(=O)=O)cc2)cc1-c1nccc2ncccc12. The summed E-state index contributed by atoms with van der Waals surface area (Å²) in [7, 11) is -25.9. The van der Waals surface area contributed by atoms with E-state index in [2.05, 4.69) is 44.1 Å². The molecule has 0 unspecified atom stereocenters. The van der Waals surface area contributed by atoms with Gasteiger partial charge in [-0.2, -0.15) is 13.1 Å². The third-order valence-corrected chi connectivity index (χ3v) is 34.0. The van der Waals surface area contributed by atoms with Crippen LogP contribution in [0.3, 0.4) is 0 Å². The average molecular weight is 2010 g/mol. The topological polar surface area (TPSA) is 421 Å². The zero-order valence-corrected chi connectivity index (χ0v) is 80.5. The summed E-state index contributed by atoms with van der Waals surface area (Å²) in [5.74, 6) is -1.79. The molecule has 20 rings (SSSR count). The lowest BCUT2D eigenvalue weighted by atomic mass is 9.99. The molecule has 16 aromatic rings. The number of para-hydroxylation sites is 1. The minimum Gasteiger partial charge on any atom is -0.359 e. The maximum atomic E-state index is 14.8. The van der Waals surface area contributed by atoms with Crippen molar-refractivity contribution >= 4 is 165 Å². The minimum absolute atomic E-state index is 0.00573. The molecule has 40 heteroatoms. The number of nitrogens with zero attached hydrogens (tertiary/aromatic N) is 9. The number of fused-ring (bicyclic) bond motifs is 4. The second-order valence-electron chi connectivity index (χ2n) is 32.5. The Hall–Kier alpha value is -14.3. The Labute approximate surface area is 803 Å². The van der Waals surface area contributed by atoms with Gasteiger partial charge in [0.05, 0.1) is 114 Å². The summed E-state index contributed by atoms with van der Waals surface area (Å²) >= 11 is 0. The third-order valence-electron chi connectivity index (χ3n) is 23.3. The predicted molar refractivity (Wildman–Crippen MR) is 537 cm³/mol. The van der Waals surface area contributed by atoms with Gasteiger partial charge >= 0.3 is 10.2 Å². The first kappa shape index (κ1) is 96.4. The minimum atomic E-state index is -3.93. The van der Waals surface area contributed by atoms with Gasteiger partial charge in [-0.25, -0.2) is 72.8 Å². The van der Waals surface area contributed by atoms with E-state index < -0.39 is 82.1 Å². The van der Waals surface area contributed by atoms with Crippen molar-refractivity contribution in [3.05, 3.63) is 337 Å². The number of anilines is 8. The Bertz CT molecular complexity index is 8070. The van der Waals surface area contributed by atoms with Crippen LogP contribution in [-0.4, -0.2) is 160 Å². The smallest absolute Gasteiger partial charge is 0.301 e. The van der Waals surface area contributed by atoms with Gasteiger partial charge in [0, 0.05) is 104 Å². The number of aromatic nitrogens is 5. The summed E-state index contributed by atoms with van der Waals surface area (Å²) in [4.78, 5) is 35.6. The second-order valence-corrected chi connectivity index (χ2v) is 45.3. The Kier molecular flexibility index (Phi) is 27.8. The van der Waals surface area contributed by atoms with Crippen LogP contribution in [0.1, 0.15) is 32.6 Å². The fraction of sp³-hybridized carbons (Fsp3) is 0.152. The molecule has 0 radical (unpaired) electrons.